The van der Waals surface area contributed by atoms with Crippen LogP contribution >= 0.6 is 0 Å². The third-order valence-electron chi connectivity index (χ3n) is 3.52. The van der Waals surface area contributed by atoms with Crippen LogP contribution in [0.25, 0.3) is 0 Å². The summed E-state index contributed by atoms with van der Waals surface area (Å²) in [7, 11) is 0. The minimum Gasteiger partial charge on any atom is -0.273 e. The molecule has 0 aliphatic carbocycles. The van der Waals surface area contributed by atoms with Gasteiger partial charge in [-0.3, -0.25) is 19.3 Å². The Morgan fingerprint density at radius 1 is 0.818 bits per heavy atom. The first kappa shape index (κ1) is 20.9. The quantitative estimate of drug-likeness (QED) is 0.434. The molecule has 0 aliphatic heterocycles. The van der Waals surface area contributed by atoms with Crippen LogP contribution in [0, 0.1) is 0 Å². The highest BCUT2D eigenvalue weighted by molar-refractivity contribution is 5.74. The lowest BCUT2D eigenvalue weighted by atomic mass is 10.1. The Morgan fingerprint density at radius 3 is 1.36 bits per heavy atom. The molecule has 0 aliphatic rings. The first-order valence-electron chi connectivity index (χ1n) is 8.22. The van der Waals surface area contributed by atoms with Gasteiger partial charge in [0, 0.05) is 13.8 Å². The second-order valence-electron chi connectivity index (χ2n) is 5.54. The van der Waals surface area contributed by atoms with Crippen LogP contribution in [0.3, 0.4) is 0 Å². The van der Waals surface area contributed by atoms with E-state index in [1.54, 1.807) is 0 Å². The van der Waals surface area contributed by atoms with Gasteiger partial charge in [0.2, 0.25) is 11.8 Å². The second kappa shape index (κ2) is 11.4. The molecule has 0 spiro atoms. The van der Waals surface area contributed by atoms with E-state index in [0.29, 0.717) is 13.2 Å². The molecule has 0 aromatic carbocycles. The summed E-state index contributed by atoms with van der Waals surface area (Å²) in [6, 6.07) is -0.584. The third kappa shape index (κ3) is 7.22. The smallest absolute Gasteiger partial charge is 0.243 e. The number of carbonyl (C=O) groups is 2. The number of hydroxylamine groups is 4. The second-order valence-corrected chi connectivity index (χ2v) is 5.54. The maximum absolute atomic E-state index is 11.8. The van der Waals surface area contributed by atoms with Crippen LogP contribution in [0.5, 0.6) is 0 Å². The van der Waals surface area contributed by atoms with Gasteiger partial charge in [-0.25, -0.2) is 10.1 Å². The van der Waals surface area contributed by atoms with E-state index < -0.39 is 0 Å². The molecule has 0 bridgehead atoms. The van der Waals surface area contributed by atoms with E-state index in [2.05, 4.69) is 13.8 Å². The van der Waals surface area contributed by atoms with E-state index >= 15 is 0 Å². The Hall–Kier alpha value is -1.14. The lowest BCUT2D eigenvalue weighted by Crippen LogP contribution is -2.52. The van der Waals surface area contributed by atoms with Crippen molar-refractivity contribution in [2.24, 2.45) is 0 Å². The van der Waals surface area contributed by atoms with Gasteiger partial charge in [-0.05, 0) is 26.7 Å². The Bertz CT molecular complexity index is 304. The molecule has 0 N–H and O–H groups in total. The number of rotatable bonds is 11. The van der Waals surface area contributed by atoms with Gasteiger partial charge >= 0.3 is 0 Å². The van der Waals surface area contributed by atoms with E-state index in [-0.39, 0.29) is 23.9 Å². The first-order valence-corrected chi connectivity index (χ1v) is 8.22. The predicted octanol–water partition coefficient (Wildman–Crippen LogP) is 2.92. The van der Waals surface area contributed by atoms with E-state index in [1.807, 2.05) is 13.8 Å². The molecule has 0 saturated carbocycles. The monoisotopic (exact) mass is 316 g/mol. The Morgan fingerprint density at radius 2 is 1.14 bits per heavy atom. The van der Waals surface area contributed by atoms with Gasteiger partial charge in [0.15, 0.2) is 0 Å². The van der Waals surface area contributed by atoms with Crippen LogP contribution in [0.1, 0.15) is 67.2 Å². The van der Waals surface area contributed by atoms with Crippen molar-refractivity contribution in [3.05, 3.63) is 0 Å². The van der Waals surface area contributed by atoms with Gasteiger partial charge in [0.25, 0.3) is 0 Å². The number of nitrogens with zero attached hydrogens (tertiary/aromatic N) is 2. The molecule has 6 heteroatoms. The molecule has 2 unspecified atom stereocenters. The maximum atomic E-state index is 11.8. The Kier molecular flexibility index (Phi) is 10.8. The summed E-state index contributed by atoms with van der Waals surface area (Å²) in [4.78, 5) is 34.7. The number of hydrogen-bond acceptors (Lipinski definition) is 4. The molecule has 0 aromatic heterocycles. The third-order valence-corrected chi connectivity index (χ3v) is 3.52. The molecule has 0 rings (SSSR count). The minimum absolute atomic E-state index is 0.174. The molecule has 0 saturated heterocycles. The zero-order chi connectivity index (χ0) is 17.1. The Labute approximate surface area is 134 Å². The van der Waals surface area contributed by atoms with E-state index in [0.717, 1.165) is 25.7 Å². The molecule has 0 heterocycles. The fourth-order valence-electron chi connectivity index (χ4n) is 2.00. The highest BCUT2D eigenvalue weighted by Crippen LogP contribution is 2.14. The largest absolute Gasteiger partial charge is 0.273 e. The average Bonchev–Trinajstić information content (AvgIpc) is 2.46. The molecule has 2 amide bonds. The van der Waals surface area contributed by atoms with E-state index in [9.17, 15) is 9.59 Å². The van der Waals surface area contributed by atoms with Gasteiger partial charge in [-0.2, -0.15) is 0 Å². The average molecular weight is 316 g/mol. The normalized spacial score (nSPS) is 13.5. The molecule has 6 nitrogen and oxygen atoms in total. The standard InChI is InChI=1S/C16H32N2O4/c1-7-9-11-21-17(15(5)19)13(3)14(4)18(16(6)20)22-12-10-8-2/h13-14H,7-12H2,1-6H3. The molecule has 0 fully saturated rings. The summed E-state index contributed by atoms with van der Waals surface area (Å²) in [5.74, 6) is -0.347. The summed E-state index contributed by atoms with van der Waals surface area (Å²) in [5.41, 5.74) is 0. The highest BCUT2D eigenvalue weighted by atomic mass is 16.7. The fourth-order valence-corrected chi connectivity index (χ4v) is 2.00. The number of unbranched alkanes of at least 4 members (excludes halogenated alkanes) is 2. The van der Waals surface area contributed by atoms with Crippen molar-refractivity contribution in [2.75, 3.05) is 13.2 Å². The summed E-state index contributed by atoms with van der Waals surface area (Å²) < 4.78 is 0. The van der Waals surface area contributed by atoms with Crippen LogP contribution in [0.4, 0.5) is 0 Å². The van der Waals surface area contributed by atoms with Crippen molar-refractivity contribution in [1.29, 1.82) is 0 Å². The van der Waals surface area contributed by atoms with Gasteiger partial charge < -0.3 is 0 Å². The van der Waals surface area contributed by atoms with Crippen molar-refractivity contribution >= 4 is 11.8 Å². The Balaban J connectivity index is 4.79. The van der Waals surface area contributed by atoms with Crippen molar-refractivity contribution in [1.82, 2.24) is 10.1 Å². The topological polar surface area (TPSA) is 59.1 Å². The number of carbonyl (C=O) groups excluding carboxylic acids is 2. The molecule has 0 radical (unpaired) electrons. The van der Waals surface area contributed by atoms with Gasteiger partial charge in [0.1, 0.15) is 0 Å². The van der Waals surface area contributed by atoms with E-state index in [1.165, 1.54) is 24.0 Å². The minimum atomic E-state index is -0.292. The van der Waals surface area contributed by atoms with Crippen LogP contribution in [-0.4, -0.2) is 47.2 Å². The lowest BCUT2D eigenvalue weighted by Gasteiger charge is -2.36. The molecule has 0 aromatic rings. The highest BCUT2D eigenvalue weighted by Gasteiger charge is 2.30. The maximum Gasteiger partial charge on any atom is 0.243 e. The van der Waals surface area contributed by atoms with Crippen LogP contribution < -0.4 is 0 Å². The van der Waals surface area contributed by atoms with Crippen molar-refractivity contribution in [3.8, 4) is 0 Å². The van der Waals surface area contributed by atoms with E-state index in [4.69, 9.17) is 9.68 Å². The summed E-state index contributed by atoms with van der Waals surface area (Å²) in [6.45, 7) is 11.7. The zero-order valence-electron chi connectivity index (χ0n) is 14.9. The molecule has 2 atom stereocenters. The van der Waals surface area contributed by atoms with Crippen LogP contribution in [0.15, 0.2) is 0 Å². The lowest BCUT2D eigenvalue weighted by molar-refractivity contribution is -0.232. The molecular formula is C16H32N2O4. The summed E-state index contributed by atoms with van der Waals surface area (Å²) in [6.07, 6.45) is 3.76. The summed E-state index contributed by atoms with van der Waals surface area (Å²) >= 11 is 0. The van der Waals surface area contributed by atoms with Gasteiger partial charge in [-0.15, -0.1) is 0 Å². The van der Waals surface area contributed by atoms with Crippen molar-refractivity contribution < 1.29 is 19.3 Å². The van der Waals surface area contributed by atoms with Gasteiger partial charge in [-0.1, -0.05) is 26.7 Å². The van der Waals surface area contributed by atoms with Crippen molar-refractivity contribution in [2.45, 2.75) is 79.3 Å². The van der Waals surface area contributed by atoms with Gasteiger partial charge in [0.05, 0.1) is 25.3 Å². The summed E-state index contributed by atoms with van der Waals surface area (Å²) in [5, 5.41) is 2.69. The van der Waals surface area contributed by atoms with Crippen molar-refractivity contribution in [3.63, 3.8) is 0 Å². The first-order chi connectivity index (χ1) is 10.4. The zero-order valence-corrected chi connectivity index (χ0v) is 14.9. The number of hydrogen-bond donors (Lipinski definition) is 0. The molecular weight excluding hydrogens is 284 g/mol. The fraction of sp³-hybridized carbons (Fsp3) is 0.875. The predicted molar refractivity (Wildman–Crippen MR) is 85.7 cm³/mol. The number of amides is 2. The molecule has 22 heavy (non-hydrogen) atoms. The molecule has 130 valence electrons. The SMILES string of the molecule is CCCCON(C(C)=O)C(C)C(C)N(OCCCC)C(C)=O. The van der Waals surface area contributed by atoms with Crippen LogP contribution in [0.2, 0.25) is 0 Å². The van der Waals surface area contributed by atoms with Crippen LogP contribution in [-0.2, 0) is 19.3 Å².